The zero-order valence-corrected chi connectivity index (χ0v) is 30.6. The van der Waals surface area contributed by atoms with Crippen LogP contribution in [0.1, 0.15) is 149 Å². The van der Waals surface area contributed by atoms with Crippen LogP contribution in [0.25, 0.3) is 0 Å². The smallest absolute Gasteiger partial charge is 0.315 e. The summed E-state index contributed by atoms with van der Waals surface area (Å²) in [5.41, 5.74) is 7.63. The molecule has 3 aliphatic heterocycles. The standard InChI is InChI=1S/C36H66N6O4S/c1-35(2,3)33-36(22-14-7-5-4-6-8-15-23-36)42(41-40-33)25-17-9-11-21-31(44)46-26-18-10-16-24-37-30(43)20-13-12-19-29-32-28(27-47-29)38-34(45)39-32/h28-29,32-33,40-41H,4-27H2,1-3H3,(H,37,43)(H2,38,39,45)/t28-,29+,32-,33?/m0/s1. The van der Waals surface area contributed by atoms with E-state index in [4.69, 9.17) is 4.74 Å². The van der Waals surface area contributed by atoms with E-state index in [2.05, 4.69) is 52.7 Å². The van der Waals surface area contributed by atoms with Gasteiger partial charge in [0.2, 0.25) is 5.91 Å². The zero-order valence-electron chi connectivity index (χ0n) is 29.8. The van der Waals surface area contributed by atoms with E-state index in [1.165, 1.54) is 57.8 Å². The number of hydrazine groups is 2. The zero-order chi connectivity index (χ0) is 33.5. The van der Waals surface area contributed by atoms with Gasteiger partial charge in [-0.1, -0.05) is 78.6 Å². The molecular formula is C36H66N6O4S. The summed E-state index contributed by atoms with van der Waals surface area (Å²) >= 11 is 1.92. The topological polar surface area (TPSA) is 124 Å². The molecule has 3 amide bonds. The van der Waals surface area contributed by atoms with Crippen molar-refractivity contribution in [2.24, 2.45) is 5.41 Å². The maximum absolute atomic E-state index is 12.3. The van der Waals surface area contributed by atoms with Gasteiger partial charge < -0.3 is 20.7 Å². The van der Waals surface area contributed by atoms with E-state index in [0.717, 1.165) is 70.1 Å². The van der Waals surface area contributed by atoms with E-state index in [0.29, 0.717) is 37.3 Å². The maximum Gasteiger partial charge on any atom is 0.315 e. The van der Waals surface area contributed by atoms with Gasteiger partial charge in [-0.3, -0.25) is 9.59 Å². The number of fused-ring (bicyclic) bond motifs is 1. The molecule has 1 aliphatic carbocycles. The Bertz CT molecular complexity index is 968. The molecule has 0 aromatic heterocycles. The highest BCUT2D eigenvalue weighted by Gasteiger charge is 2.52. The van der Waals surface area contributed by atoms with E-state index >= 15 is 0 Å². The van der Waals surface area contributed by atoms with Gasteiger partial charge in [0.1, 0.15) is 0 Å². The van der Waals surface area contributed by atoms with Crippen molar-refractivity contribution in [3.05, 3.63) is 0 Å². The lowest BCUT2D eigenvalue weighted by Gasteiger charge is -2.46. The minimum Gasteiger partial charge on any atom is -0.466 e. The number of ether oxygens (including phenoxy) is 1. The number of rotatable bonds is 17. The first kappa shape index (κ1) is 38.2. The molecule has 4 aliphatic rings. The number of hydrogen-bond donors (Lipinski definition) is 5. The van der Waals surface area contributed by atoms with Gasteiger partial charge in [-0.2, -0.15) is 17.3 Å². The van der Waals surface area contributed by atoms with Crippen LogP contribution in [0, 0.1) is 5.41 Å². The third-order valence-corrected chi connectivity index (χ3v) is 12.3. The highest BCUT2D eigenvalue weighted by Crippen LogP contribution is 2.42. The number of unbranched alkanes of at least 4 members (excludes halogenated alkanes) is 5. The number of thioether (sulfide) groups is 1. The fourth-order valence-corrected chi connectivity index (χ4v) is 9.79. The van der Waals surface area contributed by atoms with E-state index < -0.39 is 0 Å². The molecular weight excluding hydrogens is 613 g/mol. The number of esters is 1. The second-order valence-electron chi connectivity index (χ2n) is 15.6. The molecule has 0 radical (unpaired) electrons. The Morgan fingerprint density at radius 2 is 1.60 bits per heavy atom. The molecule has 10 nitrogen and oxygen atoms in total. The van der Waals surface area contributed by atoms with Gasteiger partial charge in [0.05, 0.1) is 24.2 Å². The van der Waals surface area contributed by atoms with Crippen molar-refractivity contribution in [2.45, 2.75) is 178 Å². The third-order valence-electron chi connectivity index (χ3n) is 10.8. The van der Waals surface area contributed by atoms with Crippen molar-refractivity contribution in [1.82, 2.24) is 31.9 Å². The molecule has 4 fully saturated rings. The molecule has 11 heteroatoms. The summed E-state index contributed by atoms with van der Waals surface area (Å²) in [7, 11) is 0. The van der Waals surface area contributed by atoms with Crippen molar-refractivity contribution in [3.63, 3.8) is 0 Å². The molecule has 1 saturated carbocycles. The fraction of sp³-hybridized carbons (Fsp3) is 0.917. The molecule has 4 atom stereocenters. The molecule has 0 bridgehead atoms. The highest BCUT2D eigenvalue weighted by atomic mass is 32.2. The molecule has 1 spiro atoms. The Kier molecular flexibility index (Phi) is 15.9. The second-order valence-corrected chi connectivity index (χ2v) is 16.9. The maximum atomic E-state index is 12.3. The summed E-state index contributed by atoms with van der Waals surface area (Å²) in [5.74, 6) is 0.997. The Morgan fingerprint density at radius 1 is 0.894 bits per heavy atom. The van der Waals surface area contributed by atoms with Gasteiger partial charge in [-0.05, 0) is 63.2 Å². The number of urea groups is 1. The number of amides is 3. The van der Waals surface area contributed by atoms with Crippen LogP contribution in [0.4, 0.5) is 4.79 Å². The van der Waals surface area contributed by atoms with Crippen molar-refractivity contribution in [3.8, 4) is 0 Å². The van der Waals surface area contributed by atoms with Crippen LogP contribution in [0.15, 0.2) is 0 Å². The molecule has 4 rings (SSSR count). The van der Waals surface area contributed by atoms with Gasteiger partial charge in [-0.15, -0.1) is 0 Å². The average molecular weight is 679 g/mol. The number of nitrogens with zero attached hydrogens (tertiary/aromatic N) is 1. The van der Waals surface area contributed by atoms with Gasteiger partial charge >= 0.3 is 12.0 Å². The summed E-state index contributed by atoms with van der Waals surface area (Å²) in [6.07, 6.45) is 21.5. The van der Waals surface area contributed by atoms with Crippen molar-refractivity contribution in [2.75, 3.05) is 25.4 Å². The largest absolute Gasteiger partial charge is 0.466 e. The monoisotopic (exact) mass is 678 g/mol. The molecule has 270 valence electrons. The Labute approximate surface area is 289 Å². The molecule has 0 aromatic rings. The van der Waals surface area contributed by atoms with Crippen LogP contribution in [-0.4, -0.2) is 77.3 Å². The average Bonchev–Trinajstić information content (AvgIpc) is 3.70. The normalized spacial score (nSPS) is 26.5. The number of hydrogen-bond acceptors (Lipinski definition) is 8. The van der Waals surface area contributed by atoms with Crippen LogP contribution >= 0.6 is 11.8 Å². The van der Waals surface area contributed by atoms with Crippen molar-refractivity contribution >= 4 is 29.7 Å². The third kappa shape index (κ3) is 12.1. The summed E-state index contributed by atoms with van der Waals surface area (Å²) in [4.78, 5) is 36.0. The SMILES string of the molecule is CC(C)(C)C1NNN(CCCCCC(=O)OCCCCCNC(=O)CCCC[C@H]2SC[C@@H]3NC(=O)N[C@@H]32)C12CCCCCCCCC2. The van der Waals surface area contributed by atoms with Crippen LogP contribution in [0.2, 0.25) is 0 Å². The Balaban J connectivity index is 0.987. The summed E-state index contributed by atoms with van der Waals surface area (Å²) in [6, 6.07) is 0.869. The van der Waals surface area contributed by atoms with Crippen LogP contribution < -0.4 is 26.9 Å². The van der Waals surface area contributed by atoms with E-state index in [9.17, 15) is 14.4 Å². The van der Waals surface area contributed by atoms with Crippen LogP contribution in [0.5, 0.6) is 0 Å². The highest BCUT2D eigenvalue weighted by molar-refractivity contribution is 8.00. The number of carbonyl (C=O) groups excluding carboxylic acids is 3. The molecule has 5 N–H and O–H groups in total. The van der Waals surface area contributed by atoms with Gasteiger partial charge in [0.25, 0.3) is 0 Å². The summed E-state index contributed by atoms with van der Waals surface area (Å²) < 4.78 is 5.49. The van der Waals surface area contributed by atoms with Gasteiger partial charge in [0, 0.05) is 43.0 Å². The molecule has 1 unspecified atom stereocenters. The Hall–Kier alpha value is -1.56. The first-order chi connectivity index (χ1) is 22.7. The molecule has 3 heterocycles. The number of nitrogens with one attached hydrogen (secondary N) is 5. The minimum absolute atomic E-state index is 0.0462. The fourth-order valence-electron chi connectivity index (χ4n) is 8.24. The van der Waals surface area contributed by atoms with Crippen molar-refractivity contribution in [1.29, 1.82) is 0 Å². The second kappa shape index (κ2) is 19.6. The van der Waals surface area contributed by atoms with E-state index in [-0.39, 0.29) is 40.9 Å². The van der Waals surface area contributed by atoms with E-state index in [1.54, 1.807) is 0 Å². The van der Waals surface area contributed by atoms with E-state index in [1.807, 2.05) is 11.8 Å². The predicted octanol–water partition coefficient (Wildman–Crippen LogP) is 6.11. The molecule has 0 aromatic carbocycles. The number of carbonyl (C=O) groups is 3. The van der Waals surface area contributed by atoms with Crippen LogP contribution in [0.3, 0.4) is 0 Å². The Morgan fingerprint density at radius 3 is 2.34 bits per heavy atom. The van der Waals surface area contributed by atoms with Gasteiger partial charge in [-0.25, -0.2) is 15.2 Å². The van der Waals surface area contributed by atoms with Crippen LogP contribution in [-0.2, 0) is 14.3 Å². The first-order valence-electron chi connectivity index (χ1n) is 19.1. The predicted molar refractivity (Wildman–Crippen MR) is 191 cm³/mol. The summed E-state index contributed by atoms with van der Waals surface area (Å²) in [6.45, 7) is 9.24. The lowest BCUT2D eigenvalue weighted by atomic mass is 9.69. The summed E-state index contributed by atoms with van der Waals surface area (Å²) in [5, 5.41) is 12.0. The quantitative estimate of drug-likeness (QED) is 0.0710. The molecule has 3 saturated heterocycles. The lowest BCUT2D eigenvalue weighted by Crippen LogP contribution is -2.57. The van der Waals surface area contributed by atoms with Gasteiger partial charge in [0.15, 0.2) is 0 Å². The minimum atomic E-state index is -0.0889. The van der Waals surface area contributed by atoms with Crippen molar-refractivity contribution < 1.29 is 19.1 Å². The molecule has 47 heavy (non-hydrogen) atoms. The lowest BCUT2D eigenvalue weighted by molar-refractivity contribution is -0.143. The first-order valence-corrected chi connectivity index (χ1v) is 20.1.